The Hall–Kier alpha value is -1.26. The van der Waals surface area contributed by atoms with E-state index in [-0.39, 0.29) is 5.60 Å². The van der Waals surface area contributed by atoms with Gasteiger partial charge in [0.05, 0.1) is 25.9 Å². The standard InChI is InChI=1S/C15H24O4/c1-15(2,19-5)9-8-12(16)11-6-7-13(17-3)14(10-11)18-4/h6-7,10,12,16H,8-9H2,1-5H3. The second-order valence-electron chi connectivity index (χ2n) is 5.13. The van der Waals surface area contributed by atoms with E-state index in [1.54, 1.807) is 27.4 Å². The normalized spacial score (nSPS) is 13.2. The molecule has 4 nitrogen and oxygen atoms in total. The van der Waals surface area contributed by atoms with E-state index in [1.807, 2.05) is 26.0 Å². The number of aliphatic hydroxyl groups excluding tert-OH is 1. The van der Waals surface area contributed by atoms with Crippen LogP contribution >= 0.6 is 0 Å². The van der Waals surface area contributed by atoms with Crippen molar-refractivity contribution < 1.29 is 19.3 Å². The van der Waals surface area contributed by atoms with Crippen LogP contribution in [-0.4, -0.2) is 32.0 Å². The monoisotopic (exact) mass is 268 g/mol. The van der Waals surface area contributed by atoms with Gasteiger partial charge in [-0.05, 0) is 44.4 Å². The van der Waals surface area contributed by atoms with Crippen molar-refractivity contribution in [1.82, 2.24) is 0 Å². The van der Waals surface area contributed by atoms with E-state index in [9.17, 15) is 5.11 Å². The molecule has 1 N–H and O–H groups in total. The lowest BCUT2D eigenvalue weighted by Crippen LogP contribution is -2.23. The molecular weight excluding hydrogens is 244 g/mol. The summed E-state index contributed by atoms with van der Waals surface area (Å²) in [6, 6.07) is 5.47. The van der Waals surface area contributed by atoms with Crippen LogP contribution in [0.5, 0.6) is 11.5 Å². The lowest BCUT2D eigenvalue weighted by molar-refractivity contribution is 0.00277. The maximum atomic E-state index is 10.2. The Balaban J connectivity index is 2.74. The van der Waals surface area contributed by atoms with Gasteiger partial charge in [-0.1, -0.05) is 6.07 Å². The smallest absolute Gasteiger partial charge is 0.161 e. The molecule has 1 aromatic carbocycles. The van der Waals surface area contributed by atoms with Gasteiger partial charge in [0, 0.05) is 7.11 Å². The van der Waals surface area contributed by atoms with Crippen LogP contribution in [0.15, 0.2) is 18.2 Å². The SMILES string of the molecule is COc1ccc(C(O)CCC(C)(C)OC)cc1OC. The summed E-state index contributed by atoms with van der Waals surface area (Å²) in [5.41, 5.74) is 0.599. The van der Waals surface area contributed by atoms with E-state index in [4.69, 9.17) is 14.2 Å². The molecule has 1 aromatic rings. The molecule has 0 spiro atoms. The molecule has 0 aromatic heterocycles. The Morgan fingerprint density at radius 1 is 1.11 bits per heavy atom. The molecule has 108 valence electrons. The number of ether oxygens (including phenoxy) is 3. The zero-order valence-corrected chi connectivity index (χ0v) is 12.4. The predicted molar refractivity (Wildman–Crippen MR) is 74.8 cm³/mol. The number of rotatable bonds is 7. The summed E-state index contributed by atoms with van der Waals surface area (Å²) in [7, 11) is 4.86. The maximum Gasteiger partial charge on any atom is 0.161 e. The Labute approximate surface area is 115 Å². The lowest BCUT2D eigenvalue weighted by Gasteiger charge is -2.24. The summed E-state index contributed by atoms with van der Waals surface area (Å²) in [6.45, 7) is 4.02. The van der Waals surface area contributed by atoms with Gasteiger partial charge in [-0.3, -0.25) is 0 Å². The highest BCUT2D eigenvalue weighted by atomic mass is 16.5. The van der Waals surface area contributed by atoms with E-state index in [1.165, 1.54) is 0 Å². The minimum absolute atomic E-state index is 0.225. The summed E-state index contributed by atoms with van der Waals surface area (Å²) >= 11 is 0. The second kappa shape index (κ2) is 6.78. The quantitative estimate of drug-likeness (QED) is 0.826. The number of aliphatic hydroxyl groups is 1. The molecule has 0 fully saturated rings. The Kier molecular flexibility index (Phi) is 5.63. The zero-order chi connectivity index (χ0) is 14.5. The predicted octanol–water partition coefficient (Wildman–Crippen LogP) is 2.94. The summed E-state index contributed by atoms with van der Waals surface area (Å²) in [4.78, 5) is 0. The fraction of sp³-hybridized carbons (Fsp3) is 0.600. The molecule has 1 unspecified atom stereocenters. The molecule has 0 heterocycles. The molecular formula is C15H24O4. The first kappa shape index (κ1) is 15.8. The van der Waals surface area contributed by atoms with Gasteiger partial charge >= 0.3 is 0 Å². The molecule has 1 atom stereocenters. The first-order valence-corrected chi connectivity index (χ1v) is 6.38. The van der Waals surface area contributed by atoms with Crippen LogP contribution < -0.4 is 9.47 Å². The van der Waals surface area contributed by atoms with E-state index < -0.39 is 6.10 Å². The third-order valence-electron chi connectivity index (χ3n) is 3.36. The van der Waals surface area contributed by atoms with Gasteiger partial charge < -0.3 is 19.3 Å². The minimum atomic E-state index is -0.533. The molecule has 0 aliphatic carbocycles. The van der Waals surface area contributed by atoms with Crippen LogP contribution in [0.25, 0.3) is 0 Å². The third kappa shape index (κ3) is 4.40. The van der Waals surface area contributed by atoms with Crippen LogP contribution in [-0.2, 0) is 4.74 Å². The molecule has 19 heavy (non-hydrogen) atoms. The van der Waals surface area contributed by atoms with E-state index in [0.717, 1.165) is 12.0 Å². The largest absolute Gasteiger partial charge is 0.493 e. The summed E-state index contributed by atoms with van der Waals surface area (Å²) in [5, 5.41) is 10.2. The van der Waals surface area contributed by atoms with Gasteiger partial charge in [0.25, 0.3) is 0 Å². The average molecular weight is 268 g/mol. The third-order valence-corrected chi connectivity index (χ3v) is 3.36. The van der Waals surface area contributed by atoms with Gasteiger partial charge in [-0.25, -0.2) is 0 Å². The van der Waals surface area contributed by atoms with Gasteiger partial charge in [-0.2, -0.15) is 0 Å². The Morgan fingerprint density at radius 2 is 1.74 bits per heavy atom. The van der Waals surface area contributed by atoms with Gasteiger partial charge in [0.1, 0.15) is 0 Å². The van der Waals surface area contributed by atoms with Crippen molar-refractivity contribution in [3.05, 3.63) is 23.8 Å². The number of hydrogen-bond donors (Lipinski definition) is 1. The first-order valence-electron chi connectivity index (χ1n) is 6.38. The summed E-state index contributed by atoms with van der Waals surface area (Å²) < 4.78 is 15.8. The highest BCUT2D eigenvalue weighted by Crippen LogP contribution is 2.32. The topological polar surface area (TPSA) is 47.9 Å². The molecule has 0 radical (unpaired) electrons. The van der Waals surface area contributed by atoms with Crippen molar-refractivity contribution in [2.75, 3.05) is 21.3 Å². The van der Waals surface area contributed by atoms with Gasteiger partial charge in [-0.15, -0.1) is 0 Å². The van der Waals surface area contributed by atoms with Crippen molar-refractivity contribution in [3.8, 4) is 11.5 Å². The van der Waals surface area contributed by atoms with Crippen molar-refractivity contribution in [2.45, 2.75) is 38.4 Å². The van der Waals surface area contributed by atoms with Crippen LogP contribution in [0.2, 0.25) is 0 Å². The molecule has 4 heteroatoms. The lowest BCUT2D eigenvalue weighted by atomic mass is 9.96. The molecule has 0 aliphatic rings. The van der Waals surface area contributed by atoms with E-state index >= 15 is 0 Å². The Bertz CT molecular complexity index is 401. The second-order valence-corrected chi connectivity index (χ2v) is 5.13. The Morgan fingerprint density at radius 3 is 2.26 bits per heavy atom. The van der Waals surface area contributed by atoms with Crippen LogP contribution in [0.3, 0.4) is 0 Å². The summed E-state index contributed by atoms with van der Waals surface area (Å²) in [5.74, 6) is 1.29. The fourth-order valence-corrected chi connectivity index (χ4v) is 1.81. The van der Waals surface area contributed by atoms with Crippen molar-refractivity contribution in [2.24, 2.45) is 0 Å². The van der Waals surface area contributed by atoms with Gasteiger partial charge in [0.15, 0.2) is 11.5 Å². The number of methoxy groups -OCH3 is 3. The van der Waals surface area contributed by atoms with E-state index in [2.05, 4.69) is 0 Å². The average Bonchev–Trinajstić information content (AvgIpc) is 2.44. The molecule has 0 amide bonds. The van der Waals surface area contributed by atoms with Crippen molar-refractivity contribution >= 4 is 0 Å². The highest BCUT2D eigenvalue weighted by molar-refractivity contribution is 5.43. The molecule has 0 bridgehead atoms. The summed E-state index contributed by atoms with van der Waals surface area (Å²) in [6.07, 6.45) is 0.879. The van der Waals surface area contributed by atoms with E-state index in [0.29, 0.717) is 17.9 Å². The minimum Gasteiger partial charge on any atom is -0.493 e. The van der Waals surface area contributed by atoms with Crippen molar-refractivity contribution in [3.63, 3.8) is 0 Å². The first-order chi connectivity index (χ1) is 8.93. The fourth-order valence-electron chi connectivity index (χ4n) is 1.81. The molecule has 0 saturated carbocycles. The van der Waals surface area contributed by atoms with Crippen molar-refractivity contribution in [1.29, 1.82) is 0 Å². The number of benzene rings is 1. The zero-order valence-electron chi connectivity index (χ0n) is 12.4. The molecule has 1 rings (SSSR count). The molecule has 0 aliphatic heterocycles. The van der Waals surface area contributed by atoms with Crippen LogP contribution in [0.1, 0.15) is 38.4 Å². The maximum absolute atomic E-state index is 10.2. The van der Waals surface area contributed by atoms with Crippen LogP contribution in [0, 0.1) is 0 Å². The molecule has 0 saturated heterocycles. The van der Waals surface area contributed by atoms with Crippen LogP contribution in [0.4, 0.5) is 0 Å². The highest BCUT2D eigenvalue weighted by Gasteiger charge is 2.19. The number of hydrogen-bond acceptors (Lipinski definition) is 4. The van der Waals surface area contributed by atoms with Gasteiger partial charge in [0.2, 0.25) is 0 Å².